The van der Waals surface area contributed by atoms with Crippen LogP contribution < -0.4 is 17.0 Å². The number of aliphatic hydroxyl groups is 2. The van der Waals surface area contributed by atoms with E-state index in [1.54, 1.807) is 0 Å². The molecule has 6 rings (SSSR count). The number of nitrogens with two attached hydrogens (primary N) is 2. The Morgan fingerprint density at radius 1 is 1.22 bits per heavy atom. The highest BCUT2D eigenvalue weighted by Crippen LogP contribution is 2.57. The first-order valence-electron chi connectivity index (χ1n) is 12.0. The van der Waals surface area contributed by atoms with Crippen molar-refractivity contribution in [3.8, 4) is 0 Å². The van der Waals surface area contributed by atoms with Gasteiger partial charge in [0.1, 0.15) is 24.6 Å². The summed E-state index contributed by atoms with van der Waals surface area (Å²) in [5, 5.41) is 27.7. The summed E-state index contributed by atoms with van der Waals surface area (Å²) in [5.41, 5.74) is 11.0. The molecule has 8 atom stereocenters. The fourth-order valence-electron chi connectivity index (χ4n) is 4.66. The van der Waals surface area contributed by atoms with Gasteiger partial charge in [-0.05, 0) is 0 Å². The fraction of sp³-hybridized carbons (Fsp3) is 0.526. The minimum absolute atomic E-state index is 0.0237. The van der Waals surface area contributed by atoms with Crippen molar-refractivity contribution in [2.45, 2.75) is 49.5 Å². The lowest BCUT2D eigenvalue weighted by Gasteiger charge is -2.24. The van der Waals surface area contributed by atoms with Gasteiger partial charge in [0, 0.05) is 6.42 Å². The molecule has 4 aromatic heterocycles. The minimum Gasteiger partial charge on any atom is -0.394 e. The van der Waals surface area contributed by atoms with Crippen molar-refractivity contribution in [1.82, 2.24) is 44.5 Å². The number of imidazole rings is 1. The minimum atomic E-state index is -4.22. The molecule has 0 spiro atoms. The molecule has 2 fully saturated rings. The van der Waals surface area contributed by atoms with E-state index in [1.807, 2.05) is 0 Å². The molecule has 0 bridgehead atoms. The molecule has 19 nitrogen and oxygen atoms in total. The Morgan fingerprint density at radius 3 is 2.80 bits per heavy atom. The van der Waals surface area contributed by atoms with Crippen LogP contribution in [0, 0.1) is 0 Å². The molecular formula is C19H23FN11O8PS. The predicted molar refractivity (Wildman–Crippen MR) is 138 cm³/mol. The van der Waals surface area contributed by atoms with E-state index in [0.717, 1.165) is 11.0 Å². The predicted octanol–water partition coefficient (Wildman–Crippen LogP) is -1.17. The van der Waals surface area contributed by atoms with E-state index < -0.39 is 68.6 Å². The average molecular weight is 616 g/mol. The van der Waals surface area contributed by atoms with Crippen molar-refractivity contribution < 1.29 is 37.7 Å². The van der Waals surface area contributed by atoms with E-state index in [2.05, 4.69) is 47.5 Å². The van der Waals surface area contributed by atoms with Gasteiger partial charge < -0.3 is 31.2 Å². The Morgan fingerprint density at radius 2 is 2.02 bits per heavy atom. The van der Waals surface area contributed by atoms with Crippen molar-refractivity contribution >= 4 is 53.1 Å². The van der Waals surface area contributed by atoms with E-state index in [-0.39, 0.29) is 40.5 Å². The monoisotopic (exact) mass is 615 g/mol. The SMILES string of the molecule is Nc1nc2c(ncn2[C@@H]2O[C@H](CO)C[C@@H]2OP(=O)(S)OC[C@H]2O[C@@H](n3nnc4c(N)ncnc43)[C@@H](F)[C@@H]2O)c(=O)[nH]1. The zero-order chi connectivity index (χ0) is 29.1. The number of aromatic amines is 1. The van der Waals surface area contributed by atoms with Crippen molar-refractivity contribution in [2.75, 3.05) is 24.7 Å². The molecule has 220 valence electrons. The second-order valence-corrected chi connectivity index (χ2v) is 12.1. The van der Waals surface area contributed by atoms with Crippen molar-refractivity contribution in [2.24, 2.45) is 0 Å². The molecule has 2 aliphatic heterocycles. The Hall–Kier alpha value is -3.30. The van der Waals surface area contributed by atoms with Crippen molar-refractivity contribution in [1.29, 1.82) is 0 Å². The molecule has 0 amide bonds. The van der Waals surface area contributed by atoms with Gasteiger partial charge in [-0.25, -0.2) is 23.9 Å². The lowest BCUT2D eigenvalue weighted by Crippen LogP contribution is -2.31. The molecule has 0 saturated carbocycles. The number of ether oxygens (including phenoxy) is 2. The van der Waals surface area contributed by atoms with Gasteiger partial charge in [0.15, 0.2) is 46.8 Å². The summed E-state index contributed by atoms with van der Waals surface area (Å²) < 4.78 is 53.0. The smallest absolute Gasteiger partial charge is 0.386 e. The number of alkyl halides is 1. The molecule has 41 heavy (non-hydrogen) atoms. The van der Waals surface area contributed by atoms with E-state index in [0.29, 0.717) is 0 Å². The van der Waals surface area contributed by atoms with Crippen LogP contribution in [0.1, 0.15) is 18.9 Å². The summed E-state index contributed by atoms with van der Waals surface area (Å²) in [6, 6.07) is 0. The molecule has 2 aliphatic rings. The molecule has 2 saturated heterocycles. The van der Waals surface area contributed by atoms with Gasteiger partial charge >= 0.3 is 6.80 Å². The quantitative estimate of drug-likeness (QED) is 0.101. The average Bonchev–Trinajstić information content (AvgIpc) is 3.69. The number of H-pyrrole nitrogens is 1. The highest BCUT2D eigenvalue weighted by atomic mass is 32.7. The number of aliphatic hydroxyl groups excluding tert-OH is 2. The number of aromatic nitrogens is 9. The third kappa shape index (κ3) is 5.03. The van der Waals surface area contributed by atoms with Crippen LogP contribution in [-0.4, -0.2) is 98.5 Å². The van der Waals surface area contributed by atoms with Crippen LogP contribution in [0.2, 0.25) is 0 Å². The maximum Gasteiger partial charge on any atom is 0.386 e. The molecule has 4 aromatic rings. The third-order valence-corrected chi connectivity index (χ3v) is 8.21. The van der Waals surface area contributed by atoms with Crippen LogP contribution in [0.3, 0.4) is 0 Å². The largest absolute Gasteiger partial charge is 0.394 e. The number of nitrogens with one attached hydrogen (secondary N) is 1. The summed E-state index contributed by atoms with van der Waals surface area (Å²) in [4.78, 5) is 30.4. The summed E-state index contributed by atoms with van der Waals surface area (Å²) >= 11 is 4.02. The maximum atomic E-state index is 15.0. The van der Waals surface area contributed by atoms with Crippen LogP contribution in [-0.2, 0) is 23.1 Å². The molecule has 7 N–H and O–H groups in total. The summed E-state index contributed by atoms with van der Waals surface area (Å²) in [6.07, 6.45) is -6.83. The summed E-state index contributed by atoms with van der Waals surface area (Å²) in [7, 11) is 0. The fourth-order valence-corrected chi connectivity index (χ4v) is 6.16. The molecule has 0 aromatic carbocycles. The third-order valence-electron chi connectivity index (χ3n) is 6.57. The Bertz CT molecular complexity index is 1700. The number of nitrogen functional groups attached to an aromatic ring is 2. The van der Waals surface area contributed by atoms with Gasteiger partial charge in [0.2, 0.25) is 5.95 Å². The van der Waals surface area contributed by atoms with E-state index in [9.17, 15) is 19.6 Å². The van der Waals surface area contributed by atoms with E-state index in [4.69, 9.17) is 30.0 Å². The Balaban J connectivity index is 1.16. The van der Waals surface area contributed by atoms with Crippen LogP contribution >= 0.6 is 19.0 Å². The number of rotatable bonds is 8. The zero-order valence-electron chi connectivity index (χ0n) is 20.7. The van der Waals surface area contributed by atoms with E-state index >= 15 is 4.39 Å². The van der Waals surface area contributed by atoms with Gasteiger partial charge in [-0.1, -0.05) is 17.5 Å². The normalized spacial score (nSPS) is 29.9. The molecular weight excluding hydrogens is 592 g/mol. The first-order valence-corrected chi connectivity index (χ1v) is 14.7. The second-order valence-electron chi connectivity index (χ2n) is 9.22. The summed E-state index contributed by atoms with van der Waals surface area (Å²) in [5.74, 6) is -0.147. The first-order chi connectivity index (χ1) is 19.6. The summed E-state index contributed by atoms with van der Waals surface area (Å²) in [6.45, 7) is -5.21. The number of thiol groups is 1. The highest BCUT2D eigenvalue weighted by molar-refractivity contribution is 8.44. The second kappa shape index (κ2) is 10.5. The standard InChI is InChI=1S/C19H23FN11O8PS/c20-9-12(33)8(38-18(9)31-14-10(28-29-31)13(21)23-4-24-14)3-36-40(35,41)39-7-1-6(2-32)37-17(7)30-5-25-11-15(30)26-19(22)27-16(11)34/h4-9,12,17-18,32-33H,1-3H2,(H,35,41)(H2,21,23,24)(H3,22,26,27,34)/t6-,7-,8+,9-,12+,17+,18+,40?/m0/s1. The van der Waals surface area contributed by atoms with Gasteiger partial charge in [-0.15, -0.1) is 5.10 Å². The number of hydrogen-bond acceptors (Lipinski definition) is 16. The van der Waals surface area contributed by atoms with Crippen LogP contribution in [0.15, 0.2) is 17.4 Å². The molecule has 0 radical (unpaired) electrons. The number of halogens is 1. The van der Waals surface area contributed by atoms with Crippen LogP contribution in [0.5, 0.6) is 0 Å². The van der Waals surface area contributed by atoms with Crippen molar-refractivity contribution in [3.63, 3.8) is 0 Å². The lowest BCUT2D eigenvalue weighted by molar-refractivity contribution is -0.0554. The van der Waals surface area contributed by atoms with Gasteiger partial charge in [0.25, 0.3) is 5.56 Å². The maximum absolute atomic E-state index is 15.0. The number of nitrogens with zero attached hydrogens (tertiary/aromatic N) is 8. The van der Waals surface area contributed by atoms with Gasteiger partial charge in [-0.3, -0.25) is 23.4 Å². The van der Waals surface area contributed by atoms with Crippen molar-refractivity contribution in [3.05, 3.63) is 23.0 Å². The Labute approximate surface area is 232 Å². The topological polar surface area (TPSA) is 267 Å². The lowest BCUT2D eigenvalue weighted by atomic mass is 10.1. The first kappa shape index (κ1) is 27.8. The van der Waals surface area contributed by atoms with Crippen LogP contribution in [0.4, 0.5) is 16.2 Å². The van der Waals surface area contributed by atoms with E-state index in [1.165, 1.54) is 10.9 Å². The zero-order valence-corrected chi connectivity index (χ0v) is 22.5. The number of anilines is 2. The molecule has 22 heteroatoms. The number of fused-ring (bicyclic) bond motifs is 2. The molecule has 1 unspecified atom stereocenters. The molecule has 6 heterocycles. The van der Waals surface area contributed by atoms with Gasteiger partial charge in [-0.2, -0.15) is 9.67 Å². The van der Waals surface area contributed by atoms with Crippen LogP contribution in [0.25, 0.3) is 22.3 Å². The Kier molecular flexibility index (Phi) is 7.14. The number of hydrogen-bond donors (Lipinski definition) is 6. The van der Waals surface area contributed by atoms with Gasteiger partial charge in [0.05, 0.1) is 25.6 Å². The highest BCUT2D eigenvalue weighted by Gasteiger charge is 2.48. The molecule has 0 aliphatic carbocycles.